The molecule has 0 spiro atoms. The number of rotatable bonds is 5. The molecule has 1 aromatic rings. The average molecular weight is 384 g/mol. The van der Waals surface area contributed by atoms with Crippen molar-refractivity contribution in [3.8, 4) is 0 Å². The number of urea groups is 1. The van der Waals surface area contributed by atoms with E-state index in [1.165, 1.54) is 24.8 Å². The van der Waals surface area contributed by atoms with Crippen LogP contribution < -0.4 is 10.6 Å². The Labute approximate surface area is 168 Å². The number of piperidine rings is 1. The number of amides is 3. The number of carbonyl (C=O) groups excluding carboxylic acids is 2. The Morgan fingerprint density at radius 3 is 2.64 bits per heavy atom. The molecule has 152 valence electrons. The van der Waals surface area contributed by atoms with Gasteiger partial charge in [0.25, 0.3) is 5.91 Å². The lowest BCUT2D eigenvalue weighted by Gasteiger charge is -2.30. The molecule has 1 aliphatic carbocycles. The average Bonchev–Trinajstić information content (AvgIpc) is 2.70. The van der Waals surface area contributed by atoms with Crippen LogP contribution in [0, 0.1) is 12.8 Å². The van der Waals surface area contributed by atoms with E-state index in [-0.39, 0.29) is 11.9 Å². The molecule has 1 heterocycles. The fraction of sp³-hybridized carbons (Fsp3) is 0.565. The number of benzene rings is 1. The fourth-order valence-corrected chi connectivity index (χ4v) is 3.97. The third-order valence-electron chi connectivity index (χ3n) is 5.91. The summed E-state index contributed by atoms with van der Waals surface area (Å²) in [6.07, 6.45) is 10.3. The molecule has 1 aromatic carbocycles. The molecule has 1 saturated heterocycles. The molecular formula is C23H33N3O2. The van der Waals surface area contributed by atoms with E-state index in [4.69, 9.17) is 0 Å². The molecule has 0 aromatic heterocycles. The first-order chi connectivity index (χ1) is 13.5. The van der Waals surface area contributed by atoms with Crippen molar-refractivity contribution in [2.45, 2.75) is 58.8 Å². The van der Waals surface area contributed by atoms with Crippen molar-refractivity contribution in [2.75, 3.05) is 25.0 Å². The van der Waals surface area contributed by atoms with Gasteiger partial charge in [-0.3, -0.25) is 4.79 Å². The lowest BCUT2D eigenvalue weighted by molar-refractivity contribution is 0.0697. The minimum absolute atomic E-state index is 0.0896. The maximum absolute atomic E-state index is 12.7. The molecule has 3 amide bonds. The molecule has 2 aliphatic rings. The second-order valence-corrected chi connectivity index (χ2v) is 8.24. The Kier molecular flexibility index (Phi) is 7.12. The normalized spacial score (nSPS) is 17.8. The SMILES string of the molecule is Cc1cc(C(=O)N2CCC(C)CC2)ccc1NC(=O)NCCC1=CCCCC1. The number of hydrogen-bond acceptors (Lipinski definition) is 2. The van der Waals surface area contributed by atoms with Crippen molar-refractivity contribution in [3.05, 3.63) is 41.0 Å². The molecule has 5 heteroatoms. The molecule has 2 N–H and O–H groups in total. The number of allylic oxidation sites excluding steroid dienone is 1. The van der Waals surface area contributed by atoms with Crippen molar-refractivity contribution in [2.24, 2.45) is 5.92 Å². The van der Waals surface area contributed by atoms with E-state index in [0.29, 0.717) is 18.0 Å². The summed E-state index contributed by atoms with van der Waals surface area (Å²) in [5.74, 6) is 0.789. The number of carbonyl (C=O) groups is 2. The molecule has 0 atom stereocenters. The number of likely N-dealkylation sites (tertiary alicyclic amines) is 1. The van der Waals surface area contributed by atoms with Gasteiger partial charge in [-0.05, 0) is 81.5 Å². The number of nitrogens with zero attached hydrogens (tertiary/aromatic N) is 1. The van der Waals surface area contributed by atoms with Crippen LogP contribution in [0.4, 0.5) is 10.5 Å². The highest BCUT2D eigenvalue weighted by molar-refractivity contribution is 5.96. The van der Waals surface area contributed by atoms with Crippen molar-refractivity contribution >= 4 is 17.6 Å². The third kappa shape index (κ3) is 5.60. The zero-order valence-corrected chi connectivity index (χ0v) is 17.2. The summed E-state index contributed by atoms with van der Waals surface area (Å²) in [6.45, 7) is 6.48. The Morgan fingerprint density at radius 1 is 1.18 bits per heavy atom. The predicted molar refractivity (Wildman–Crippen MR) is 114 cm³/mol. The zero-order valence-electron chi connectivity index (χ0n) is 17.2. The molecule has 28 heavy (non-hydrogen) atoms. The molecule has 0 bridgehead atoms. The van der Waals surface area contributed by atoms with Gasteiger partial charge in [0.1, 0.15) is 0 Å². The van der Waals surface area contributed by atoms with Crippen LogP contribution in [-0.4, -0.2) is 36.5 Å². The van der Waals surface area contributed by atoms with Crippen molar-refractivity contribution in [1.82, 2.24) is 10.2 Å². The van der Waals surface area contributed by atoms with Crippen LogP contribution in [0.3, 0.4) is 0 Å². The summed E-state index contributed by atoms with van der Waals surface area (Å²) < 4.78 is 0. The van der Waals surface area contributed by atoms with E-state index in [2.05, 4.69) is 23.6 Å². The Morgan fingerprint density at radius 2 is 1.96 bits per heavy atom. The van der Waals surface area contributed by atoms with Crippen molar-refractivity contribution in [3.63, 3.8) is 0 Å². The zero-order chi connectivity index (χ0) is 19.9. The summed E-state index contributed by atoms with van der Waals surface area (Å²) in [4.78, 5) is 26.8. The van der Waals surface area contributed by atoms with Crippen LogP contribution in [-0.2, 0) is 0 Å². The van der Waals surface area contributed by atoms with Gasteiger partial charge in [-0.25, -0.2) is 4.79 Å². The van der Waals surface area contributed by atoms with E-state index in [0.717, 1.165) is 50.0 Å². The van der Waals surface area contributed by atoms with E-state index in [1.807, 2.05) is 30.0 Å². The van der Waals surface area contributed by atoms with Gasteiger partial charge < -0.3 is 15.5 Å². The molecular weight excluding hydrogens is 350 g/mol. The highest BCUT2D eigenvalue weighted by Gasteiger charge is 2.21. The smallest absolute Gasteiger partial charge is 0.319 e. The molecule has 0 radical (unpaired) electrons. The van der Waals surface area contributed by atoms with Crippen LogP contribution in [0.5, 0.6) is 0 Å². The Hall–Kier alpha value is -2.30. The lowest BCUT2D eigenvalue weighted by atomic mass is 9.97. The number of aryl methyl sites for hydroxylation is 1. The van der Waals surface area contributed by atoms with Gasteiger partial charge in [-0.1, -0.05) is 18.6 Å². The van der Waals surface area contributed by atoms with E-state index >= 15 is 0 Å². The molecule has 0 unspecified atom stereocenters. The first kappa shape index (κ1) is 20.4. The van der Waals surface area contributed by atoms with Crippen LogP contribution in [0.15, 0.2) is 29.8 Å². The van der Waals surface area contributed by atoms with Gasteiger partial charge in [0, 0.05) is 30.9 Å². The first-order valence-electron chi connectivity index (χ1n) is 10.7. The van der Waals surface area contributed by atoms with Gasteiger partial charge in [0.05, 0.1) is 0 Å². The minimum atomic E-state index is -0.191. The van der Waals surface area contributed by atoms with Gasteiger partial charge in [0.2, 0.25) is 0 Å². The van der Waals surface area contributed by atoms with Gasteiger partial charge >= 0.3 is 6.03 Å². The van der Waals surface area contributed by atoms with E-state index < -0.39 is 0 Å². The van der Waals surface area contributed by atoms with Crippen molar-refractivity contribution in [1.29, 1.82) is 0 Å². The summed E-state index contributed by atoms with van der Waals surface area (Å²) in [6, 6.07) is 5.33. The van der Waals surface area contributed by atoms with Crippen LogP contribution >= 0.6 is 0 Å². The summed E-state index contributed by atoms with van der Waals surface area (Å²) in [5, 5.41) is 5.84. The molecule has 3 rings (SSSR count). The third-order valence-corrected chi connectivity index (χ3v) is 5.91. The second-order valence-electron chi connectivity index (χ2n) is 8.24. The molecule has 0 saturated carbocycles. The predicted octanol–water partition coefficient (Wildman–Crippen LogP) is 4.88. The summed E-state index contributed by atoms with van der Waals surface area (Å²) in [5.41, 5.74) is 3.81. The molecule has 5 nitrogen and oxygen atoms in total. The Bertz CT molecular complexity index is 733. The first-order valence-corrected chi connectivity index (χ1v) is 10.7. The van der Waals surface area contributed by atoms with Gasteiger partial charge in [-0.15, -0.1) is 0 Å². The van der Waals surface area contributed by atoms with Crippen LogP contribution in [0.25, 0.3) is 0 Å². The van der Waals surface area contributed by atoms with Gasteiger partial charge in [-0.2, -0.15) is 0 Å². The standard InChI is InChI=1S/C23H33N3O2/c1-17-11-14-26(15-12-17)22(27)20-8-9-21(18(2)16-20)25-23(28)24-13-10-19-6-4-3-5-7-19/h6,8-9,16-17H,3-5,7,10-15H2,1-2H3,(H2,24,25,28). The van der Waals surface area contributed by atoms with Crippen molar-refractivity contribution < 1.29 is 9.59 Å². The highest BCUT2D eigenvalue weighted by atomic mass is 16.2. The monoisotopic (exact) mass is 383 g/mol. The second kappa shape index (κ2) is 9.76. The van der Waals surface area contributed by atoms with Gasteiger partial charge in [0.15, 0.2) is 0 Å². The fourth-order valence-electron chi connectivity index (χ4n) is 3.97. The minimum Gasteiger partial charge on any atom is -0.339 e. The molecule has 1 aliphatic heterocycles. The summed E-state index contributed by atoms with van der Waals surface area (Å²) >= 11 is 0. The van der Waals surface area contributed by atoms with Crippen LogP contribution in [0.2, 0.25) is 0 Å². The number of nitrogens with one attached hydrogen (secondary N) is 2. The lowest BCUT2D eigenvalue weighted by Crippen LogP contribution is -2.38. The highest BCUT2D eigenvalue weighted by Crippen LogP contribution is 2.22. The largest absolute Gasteiger partial charge is 0.339 e. The maximum Gasteiger partial charge on any atom is 0.319 e. The topological polar surface area (TPSA) is 61.4 Å². The quantitative estimate of drug-likeness (QED) is 0.712. The van der Waals surface area contributed by atoms with E-state index in [1.54, 1.807) is 0 Å². The Balaban J connectivity index is 1.50. The van der Waals surface area contributed by atoms with Crippen LogP contribution in [0.1, 0.15) is 67.8 Å². The number of anilines is 1. The van der Waals surface area contributed by atoms with E-state index in [9.17, 15) is 9.59 Å². The maximum atomic E-state index is 12.7. The summed E-state index contributed by atoms with van der Waals surface area (Å²) in [7, 11) is 0. The molecule has 1 fully saturated rings. The number of hydrogen-bond donors (Lipinski definition) is 2.